The molecule has 1 fully saturated rings. The van der Waals surface area contributed by atoms with Crippen molar-refractivity contribution in [1.29, 1.82) is 0 Å². The van der Waals surface area contributed by atoms with E-state index in [1.807, 2.05) is 61.7 Å². The summed E-state index contributed by atoms with van der Waals surface area (Å²) in [7, 11) is 4.12. The summed E-state index contributed by atoms with van der Waals surface area (Å²) in [5, 5.41) is 4.90. The first-order chi connectivity index (χ1) is 14.5. The summed E-state index contributed by atoms with van der Waals surface area (Å²) in [6.07, 6.45) is 1.81. The van der Waals surface area contributed by atoms with E-state index in [2.05, 4.69) is 34.2 Å². The van der Waals surface area contributed by atoms with Gasteiger partial charge < -0.3 is 19.5 Å². The summed E-state index contributed by atoms with van der Waals surface area (Å²) in [5.41, 5.74) is 2.94. The second-order valence-electron chi connectivity index (χ2n) is 7.74. The largest absolute Gasteiger partial charge is 0.459 e. The van der Waals surface area contributed by atoms with E-state index >= 15 is 0 Å². The number of rotatable bonds is 6. The van der Waals surface area contributed by atoms with Crippen molar-refractivity contribution in [2.24, 2.45) is 0 Å². The van der Waals surface area contributed by atoms with Gasteiger partial charge in [-0.1, -0.05) is 29.8 Å². The van der Waals surface area contributed by atoms with Crippen LogP contribution in [0.4, 0.5) is 0 Å². The smallest absolute Gasteiger partial charge is 0.170 e. The Kier molecular flexibility index (Phi) is 6.09. The van der Waals surface area contributed by atoms with E-state index in [0.717, 1.165) is 51.6 Å². The fraction of sp³-hybridized carbons (Fsp3) is 0.304. The Hall–Kier alpha value is -2.41. The standard InChI is InChI=1S/C23H25ClN4OS/c1-15-16(7-6-8-17(15)24)19-10-11-20(29-19)22-21(18-9-4-5-12-25-18)26-23(30)28(22)14-13-27(2)3/h4-12,21-22H,13-14H2,1-3H3,(H,26,30). The molecule has 1 saturated heterocycles. The number of pyridine rings is 1. The van der Waals surface area contributed by atoms with Gasteiger partial charge in [-0.3, -0.25) is 4.98 Å². The van der Waals surface area contributed by atoms with Crippen LogP contribution in [0, 0.1) is 6.92 Å². The van der Waals surface area contributed by atoms with Gasteiger partial charge in [-0.05, 0) is 69.1 Å². The van der Waals surface area contributed by atoms with Gasteiger partial charge in [0.1, 0.15) is 17.6 Å². The Labute approximate surface area is 187 Å². The SMILES string of the molecule is Cc1c(Cl)cccc1-c1ccc(C2C(c3ccccn3)NC(=S)N2CCN(C)C)o1. The molecule has 0 amide bonds. The van der Waals surface area contributed by atoms with Gasteiger partial charge in [0.15, 0.2) is 5.11 Å². The van der Waals surface area contributed by atoms with E-state index in [1.54, 1.807) is 0 Å². The Balaban J connectivity index is 1.72. The van der Waals surface area contributed by atoms with E-state index < -0.39 is 0 Å². The van der Waals surface area contributed by atoms with Crippen LogP contribution in [0.25, 0.3) is 11.3 Å². The zero-order valence-corrected chi connectivity index (χ0v) is 18.9. The molecule has 0 saturated carbocycles. The lowest BCUT2D eigenvalue weighted by molar-refractivity contribution is 0.250. The van der Waals surface area contributed by atoms with E-state index in [-0.39, 0.29) is 12.1 Å². The number of nitrogens with zero attached hydrogens (tertiary/aromatic N) is 3. The van der Waals surface area contributed by atoms with Crippen LogP contribution in [0.1, 0.15) is 29.1 Å². The van der Waals surface area contributed by atoms with Crippen LogP contribution in [-0.2, 0) is 0 Å². The minimum Gasteiger partial charge on any atom is -0.459 e. The van der Waals surface area contributed by atoms with Gasteiger partial charge in [0, 0.05) is 29.9 Å². The quantitative estimate of drug-likeness (QED) is 0.553. The lowest BCUT2D eigenvalue weighted by atomic mass is 10.0. The Morgan fingerprint density at radius 3 is 2.73 bits per heavy atom. The second kappa shape index (κ2) is 8.76. The Morgan fingerprint density at radius 1 is 1.17 bits per heavy atom. The van der Waals surface area contributed by atoms with Gasteiger partial charge in [-0.25, -0.2) is 0 Å². The average Bonchev–Trinajstić information content (AvgIpc) is 3.33. The van der Waals surface area contributed by atoms with Gasteiger partial charge >= 0.3 is 0 Å². The summed E-state index contributed by atoms with van der Waals surface area (Å²) < 4.78 is 6.39. The monoisotopic (exact) mass is 440 g/mol. The van der Waals surface area contributed by atoms with Crippen LogP contribution in [0.15, 0.2) is 59.1 Å². The molecule has 30 heavy (non-hydrogen) atoms. The molecule has 0 radical (unpaired) electrons. The van der Waals surface area contributed by atoms with E-state index in [1.165, 1.54) is 0 Å². The van der Waals surface area contributed by atoms with Crippen molar-refractivity contribution in [3.8, 4) is 11.3 Å². The molecule has 0 bridgehead atoms. The number of furan rings is 1. The fourth-order valence-electron chi connectivity index (χ4n) is 3.79. The minimum absolute atomic E-state index is 0.0828. The fourth-order valence-corrected chi connectivity index (χ4v) is 4.30. The van der Waals surface area contributed by atoms with Gasteiger partial charge in [0.2, 0.25) is 0 Å². The maximum atomic E-state index is 6.39. The predicted molar refractivity (Wildman–Crippen MR) is 125 cm³/mol. The molecule has 0 aliphatic carbocycles. The second-order valence-corrected chi connectivity index (χ2v) is 8.53. The number of benzene rings is 1. The van der Waals surface area contributed by atoms with Crippen molar-refractivity contribution in [2.45, 2.75) is 19.0 Å². The maximum Gasteiger partial charge on any atom is 0.170 e. The predicted octanol–water partition coefficient (Wildman–Crippen LogP) is 4.84. The number of nitrogens with one attached hydrogen (secondary N) is 1. The normalized spacial score (nSPS) is 18.8. The number of hydrogen-bond donors (Lipinski definition) is 1. The zero-order chi connectivity index (χ0) is 21.3. The van der Waals surface area contributed by atoms with Crippen LogP contribution in [0.3, 0.4) is 0 Å². The third kappa shape index (κ3) is 4.08. The van der Waals surface area contributed by atoms with E-state index in [0.29, 0.717) is 0 Å². The molecule has 3 heterocycles. The molecule has 2 atom stereocenters. The number of halogens is 1. The highest BCUT2D eigenvalue weighted by Crippen LogP contribution is 2.41. The first-order valence-electron chi connectivity index (χ1n) is 9.93. The van der Waals surface area contributed by atoms with Gasteiger partial charge in [0.05, 0.1) is 11.7 Å². The molecule has 7 heteroatoms. The summed E-state index contributed by atoms with van der Waals surface area (Å²) >= 11 is 12.0. The molecule has 1 aliphatic heterocycles. The Morgan fingerprint density at radius 2 is 2.00 bits per heavy atom. The number of hydrogen-bond acceptors (Lipinski definition) is 4. The molecule has 5 nitrogen and oxygen atoms in total. The minimum atomic E-state index is -0.0830. The molecule has 3 aromatic rings. The molecule has 2 unspecified atom stereocenters. The molecule has 1 aromatic carbocycles. The number of likely N-dealkylation sites (N-methyl/N-ethyl adjacent to an activating group) is 1. The third-order valence-corrected chi connectivity index (χ3v) is 6.20. The van der Waals surface area contributed by atoms with Gasteiger partial charge in [-0.15, -0.1) is 0 Å². The van der Waals surface area contributed by atoms with Crippen molar-refractivity contribution < 1.29 is 4.42 Å². The van der Waals surface area contributed by atoms with Crippen LogP contribution in [0.2, 0.25) is 5.02 Å². The average molecular weight is 441 g/mol. The van der Waals surface area contributed by atoms with Gasteiger partial charge in [0.25, 0.3) is 0 Å². The highest BCUT2D eigenvalue weighted by molar-refractivity contribution is 7.80. The topological polar surface area (TPSA) is 44.5 Å². The van der Waals surface area contributed by atoms with E-state index in [9.17, 15) is 0 Å². The highest BCUT2D eigenvalue weighted by Gasteiger charge is 2.41. The lowest BCUT2D eigenvalue weighted by Crippen LogP contribution is -2.35. The number of aromatic nitrogens is 1. The summed E-state index contributed by atoms with van der Waals surface area (Å²) in [4.78, 5) is 8.92. The van der Waals surface area contributed by atoms with Gasteiger partial charge in [-0.2, -0.15) is 0 Å². The lowest BCUT2D eigenvalue weighted by Gasteiger charge is -2.27. The van der Waals surface area contributed by atoms with Crippen LogP contribution < -0.4 is 5.32 Å². The molecule has 1 aliphatic rings. The van der Waals surface area contributed by atoms with Crippen molar-refractivity contribution in [1.82, 2.24) is 20.1 Å². The number of thiocarbonyl (C=S) groups is 1. The first kappa shape index (κ1) is 20.8. The van der Waals surface area contributed by atoms with Crippen LogP contribution in [-0.4, -0.2) is 47.1 Å². The molecule has 1 N–H and O–H groups in total. The van der Waals surface area contributed by atoms with Crippen molar-refractivity contribution in [3.05, 3.63) is 76.8 Å². The molecule has 156 valence electrons. The molecular weight excluding hydrogens is 416 g/mol. The molecule has 0 spiro atoms. The summed E-state index contributed by atoms with van der Waals surface area (Å²) in [6.45, 7) is 3.68. The zero-order valence-electron chi connectivity index (χ0n) is 17.3. The van der Waals surface area contributed by atoms with Crippen LogP contribution >= 0.6 is 23.8 Å². The van der Waals surface area contributed by atoms with Crippen molar-refractivity contribution in [3.63, 3.8) is 0 Å². The molecule has 2 aromatic heterocycles. The molecular formula is C23H25ClN4OS. The Bertz CT molecular complexity index is 1040. The summed E-state index contributed by atoms with van der Waals surface area (Å²) in [6, 6.07) is 15.7. The summed E-state index contributed by atoms with van der Waals surface area (Å²) in [5.74, 6) is 1.65. The van der Waals surface area contributed by atoms with Crippen LogP contribution in [0.5, 0.6) is 0 Å². The van der Waals surface area contributed by atoms with E-state index in [4.69, 9.17) is 28.2 Å². The third-order valence-electron chi connectivity index (χ3n) is 5.44. The molecule has 4 rings (SSSR count). The van der Waals surface area contributed by atoms with Crippen molar-refractivity contribution >= 4 is 28.9 Å². The maximum absolute atomic E-state index is 6.39. The van der Waals surface area contributed by atoms with Crippen molar-refractivity contribution in [2.75, 3.05) is 27.2 Å². The first-order valence-corrected chi connectivity index (χ1v) is 10.7. The highest BCUT2D eigenvalue weighted by atomic mass is 35.5.